The summed E-state index contributed by atoms with van der Waals surface area (Å²) in [5, 5.41) is 7.11. The maximum absolute atomic E-state index is 6.75. The number of benzene rings is 9. The van der Waals surface area contributed by atoms with Gasteiger partial charge in [-0.3, -0.25) is 0 Å². The monoisotopic (exact) mass is 724 g/mol. The molecule has 0 saturated heterocycles. The number of hydrogen-bond donors (Lipinski definition) is 0. The fourth-order valence-corrected chi connectivity index (χ4v) is 8.90. The van der Waals surface area contributed by atoms with Crippen LogP contribution in [0.1, 0.15) is 0 Å². The van der Waals surface area contributed by atoms with Crippen LogP contribution < -0.4 is 14.5 Å². The van der Waals surface area contributed by atoms with E-state index in [1.165, 1.54) is 21.5 Å². The number of para-hydroxylation sites is 3. The molecule has 0 radical (unpaired) electrons. The van der Waals surface area contributed by atoms with E-state index in [0.29, 0.717) is 0 Å². The number of hydrogen-bond acceptors (Lipinski definition) is 5. The van der Waals surface area contributed by atoms with Crippen molar-refractivity contribution in [1.82, 2.24) is 0 Å². The van der Waals surface area contributed by atoms with Crippen LogP contribution in [0.3, 0.4) is 0 Å². The van der Waals surface area contributed by atoms with Gasteiger partial charge in [0.1, 0.15) is 22.7 Å². The summed E-state index contributed by atoms with van der Waals surface area (Å²) >= 11 is 1.74. The highest BCUT2D eigenvalue weighted by Gasteiger charge is 2.25. The third-order valence-corrected chi connectivity index (χ3v) is 11.5. The minimum atomic E-state index is 0.828. The molecule has 0 amide bonds. The lowest BCUT2D eigenvalue weighted by Gasteiger charge is -2.29. The first-order valence-corrected chi connectivity index (χ1v) is 19.2. The first-order chi connectivity index (χ1) is 27.2. The lowest BCUT2D eigenvalue weighted by Crippen LogP contribution is -2.11. The van der Waals surface area contributed by atoms with Gasteiger partial charge in [0, 0.05) is 39.9 Å². The maximum atomic E-state index is 6.75. The Bertz CT molecular complexity index is 3070. The topological polar surface area (TPSA) is 28.9 Å². The van der Waals surface area contributed by atoms with Crippen molar-refractivity contribution in [2.24, 2.45) is 0 Å². The Morgan fingerprint density at radius 3 is 1.82 bits per heavy atom. The zero-order valence-corrected chi connectivity index (χ0v) is 30.4. The molecule has 0 saturated carbocycles. The van der Waals surface area contributed by atoms with Crippen molar-refractivity contribution in [3.63, 3.8) is 0 Å². The van der Waals surface area contributed by atoms with Crippen LogP contribution in [0, 0.1) is 0 Å². The van der Waals surface area contributed by atoms with Crippen molar-refractivity contribution in [3.8, 4) is 11.5 Å². The lowest BCUT2D eigenvalue weighted by molar-refractivity contribution is 0.455. The second kappa shape index (κ2) is 12.9. The molecule has 2 heterocycles. The summed E-state index contributed by atoms with van der Waals surface area (Å²) in [4.78, 5) is 6.76. The van der Waals surface area contributed by atoms with Gasteiger partial charge in [-0.25, -0.2) is 0 Å². The van der Waals surface area contributed by atoms with Crippen LogP contribution in [-0.2, 0) is 0 Å². The Morgan fingerprint density at radius 2 is 0.982 bits per heavy atom. The standard InChI is InChI=1S/C50H32N2O2S/c1-3-13-35(14-4-1)51(37-25-24-34-23-22-33-12-7-8-17-40(33)42(34)30-37)39-26-28-45-49(32-39)55-48-29-27-38(31-47(48)54-45)52(36-15-5-2-6-16-36)43-19-11-21-46-50(43)41-18-9-10-20-44(41)53-46/h1-32H. The maximum Gasteiger partial charge on any atom is 0.143 e. The van der Waals surface area contributed by atoms with Gasteiger partial charge >= 0.3 is 0 Å². The third kappa shape index (κ3) is 5.39. The van der Waals surface area contributed by atoms with Crippen molar-refractivity contribution in [2.75, 3.05) is 9.80 Å². The van der Waals surface area contributed by atoms with Crippen molar-refractivity contribution in [2.45, 2.75) is 9.79 Å². The molecule has 0 aliphatic carbocycles. The zero-order chi connectivity index (χ0) is 36.3. The number of furan rings is 1. The SMILES string of the molecule is c1ccc(N(c2ccc3c(c2)Sc2ccc(N(c4ccccc4)c4cccc5oc6ccccc6c45)cc2O3)c2ccc3ccc4ccccc4c3c2)cc1. The van der Waals surface area contributed by atoms with Gasteiger partial charge in [-0.2, -0.15) is 0 Å². The molecule has 0 unspecified atom stereocenters. The van der Waals surface area contributed by atoms with Crippen LogP contribution in [0.2, 0.25) is 0 Å². The van der Waals surface area contributed by atoms with E-state index in [1.54, 1.807) is 11.8 Å². The van der Waals surface area contributed by atoms with E-state index in [-0.39, 0.29) is 0 Å². The Kier molecular flexibility index (Phi) is 7.39. The highest BCUT2D eigenvalue weighted by atomic mass is 32.2. The lowest BCUT2D eigenvalue weighted by atomic mass is 10.0. The second-order valence-electron chi connectivity index (χ2n) is 13.7. The van der Waals surface area contributed by atoms with E-state index >= 15 is 0 Å². The minimum absolute atomic E-state index is 0.828. The van der Waals surface area contributed by atoms with Gasteiger partial charge in [0.25, 0.3) is 0 Å². The molecule has 0 fully saturated rings. The van der Waals surface area contributed by atoms with E-state index in [4.69, 9.17) is 9.15 Å². The molecule has 11 rings (SSSR count). The molecule has 10 aromatic rings. The molecule has 0 spiro atoms. The molecule has 1 aliphatic rings. The average molecular weight is 725 g/mol. The molecular formula is C50H32N2O2S. The molecule has 4 nitrogen and oxygen atoms in total. The number of fused-ring (bicyclic) bond motifs is 8. The van der Waals surface area contributed by atoms with Gasteiger partial charge in [-0.05, 0) is 106 Å². The molecular weight excluding hydrogens is 693 g/mol. The number of nitrogens with zero attached hydrogens (tertiary/aromatic N) is 2. The van der Waals surface area contributed by atoms with Gasteiger partial charge in [-0.1, -0.05) is 115 Å². The van der Waals surface area contributed by atoms with E-state index in [9.17, 15) is 0 Å². The molecule has 1 aromatic heterocycles. The van der Waals surface area contributed by atoms with E-state index in [0.717, 1.165) is 77.4 Å². The van der Waals surface area contributed by atoms with Crippen LogP contribution in [0.25, 0.3) is 43.5 Å². The van der Waals surface area contributed by atoms with Crippen LogP contribution >= 0.6 is 11.8 Å². The Hall–Kier alpha value is -6.95. The van der Waals surface area contributed by atoms with Gasteiger partial charge in [0.05, 0.1) is 20.9 Å². The molecule has 9 aromatic carbocycles. The molecule has 260 valence electrons. The third-order valence-electron chi connectivity index (χ3n) is 10.4. The largest absolute Gasteiger partial charge is 0.456 e. The normalized spacial score (nSPS) is 12.1. The highest BCUT2D eigenvalue weighted by Crippen LogP contribution is 2.52. The predicted octanol–water partition coefficient (Wildman–Crippen LogP) is 15.1. The summed E-state index contributed by atoms with van der Waals surface area (Å²) in [7, 11) is 0. The van der Waals surface area contributed by atoms with Crippen LogP contribution in [0.15, 0.2) is 208 Å². The van der Waals surface area contributed by atoms with Crippen molar-refractivity contribution in [3.05, 3.63) is 194 Å². The molecule has 1 aliphatic heterocycles. The summed E-state index contributed by atoms with van der Waals surface area (Å²) in [6.07, 6.45) is 0. The summed E-state index contributed by atoms with van der Waals surface area (Å²) in [5.41, 5.74) is 8.09. The van der Waals surface area contributed by atoms with Crippen molar-refractivity contribution in [1.29, 1.82) is 0 Å². The van der Waals surface area contributed by atoms with E-state index < -0.39 is 0 Å². The smallest absolute Gasteiger partial charge is 0.143 e. The summed E-state index contributed by atoms with van der Waals surface area (Å²) in [6, 6.07) is 68.4. The summed E-state index contributed by atoms with van der Waals surface area (Å²) in [6.45, 7) is 0. The Balaban J connectivity index is 0.989. The Morgan fingerprint density at radius 1 is 0.364 bits per heavy atom. The molecule has 5 heteroatoms. The highest BCUT2D eigenvalue weighted by molar-refractivity contribution is 7.99. The number of rotatable bonds is 6. The molecule has 0 bridgehead atoms. The van der Waals surface area contributed by atoms with Gasteiger partial charge in [-0.15, -0.1) is 0 Å². The Labute approximate surface area is 322 Å². The number of anilines is 6. The first kappa shape index (κ1) is 31.6. The minimum Gasteiger partial charge on any atom is -0.456 e. The van der Waals surface area contributed by atoms with Crippen LogP contribution in [-0.4, -0.2) is 0 Å². The van der Waals surface area contributed by atoms with Crippen molar-refractivity contribution >= 4 is 89.4 Å². The molecule has 0 N–H and O–H groups in total. The van der Waals surface area contributed by atoms with Gasteiger partial charge in [0.15, 0.2) is 0 Å². The summed E-state index contributed by atoms with van der Waals surface area (Å²) < 4.78 is 13.1. The fourth-order valence-electron chi connectivity index (χ4n) is 7.94. The molecule has 55 heavy (non-hydrogen) atoms. The van der Waals surface area contributed by atoms with Gasteiger partial charge in [0.2, 0.25) is 0 Å². The summed E-state index contributed by atoms with van der Waals surface area (Å²) in [5.74, 6) is 1.67. The zero-order valence-electron chi connectivity index (χ0n) is 29.6. The van der Waals surface area contributed by atoms with E-state index in [1.807, 2.05) is 24.3 Å². The second-order valence-corrected chi connectivity index (χ2v) is 14.8. The molecule has 0 atom stereocenters. The quantitative estimate of drug-likeness (QED) is 0.159. The van der Waals surface area contributed by atoms with Crippen molar-refractivity contribution < 1.29 is 9.15 Å². The van der Waals surface area contributed by atoms with E-state index in [2.05, 4.69) is 180 Å². The average Bonchev–Trinajstić information content (AvgIpc) is 3.63. The number of ether oxygens (including phenoxy) is 1. The van der Waals surface area contributed by atoms with Gasteiger partial charge < -0.3 is 19.0 Å². The fraction of sp³-hybridized carbons (Fsp3) is 0. The predicted molar refractivity (Wildman–Crippen MR) is 229 cm³/mol. The van der Waals surface area contributed by atoms with Crippen LogP contribution in [0.4, 0.5) is 34.1 Å². The first-order valence-electron chi connectivity index (χ1n) is 18.4. The van der Waals surface area contributed by atoms with Crippen LogP contribution in [0.5, 0.6) is 11.5 Å².